The molecular formula is C16H22N2O5S. The van der Waals surface area contributed by atoms with E-state index < -0.39 is 22.1 Å². The minimum atomic E-state index is -3.81. The van der Waals surface area contributed by atoms with E-state index in [1.807, 2.05) is 0 Å². The van der Waals surface area contributed by atoms with Crippen LogP contribution in [0.3, 0.4) is 0 Å². The number of sulfonamides is 1. The Balaban J connectivity index is 1.91. The third-order valence-corrected chi connectivity index (χ3v) is 4.95. The maximum atomic E-state index is 12.1. The molecular weight excluding hydrogens is 332 g/mol. The van der Waals surface area contributed by atoms with E-state index in [0.29, 0.717) is 0 Å². The molecule has 1 aliphatic carbocycles. The quantitative estimate of drug-likeness (QED) is 0.774. The molecule has 24 heavy (non-hydrogen) atoms. The largest absolute Gasteiger partial charge is 0.449 e. The smallest absolute Gasteiger partial charge is 0.338 e. The number of esters is 1. The summed E-state index contributed by atoms with van der Waals surface area (Å²) in [6.45, 7) is 1.51. The van der Waals surface area contributed by atoms with E-state index in [2.05, 4.69) is 5.32 Å². The summed E-state index contributed by atoms with van der Waals surface area (Å²) in [7, 11) is -3.81. The molecule has 0 heterocycles. The van der Waals surface area contributed by atoms with Crippen molar-refractivity contribution in [2.24, 2.45) is 5.14 Å². The van der Waals surface area contributed by atoms with Crippen molar-refractivity contribution in [1.82, 2.24) is 5.32 Å². The first kappa shape index (κ1) is 18.4. The van der Waals surface area contributed by atoms with E-state index in [1.54, 1.807) is 0 Å². The molecule has 1 amide bonds. The Morgan fingerprint density at radius 3 is 2.29 bits per heavy atom. The number of carbonyl (C=O) groups excluding carboxylic acids is 2. The summed E-state index contributed by atoms with van der Waals surface area (Å²) < 4.78 is 27.5. The number of hydrogen-bond donors (Lipinski definition) is 2. The minimum absolute atomic E-state index is 0.0952. The molecule has 1 saturated carbocycles. The molecule has 7 nitrogen and oxygen atoms in total. The summed E-state index contributed by atoms with van der Waals surface area (Å²) in [5.74, 6) is -1.02. The van der Waals surface area contributed by atoms with Crippen LogP contribution in [-0.2, 0) is 19.6 Å². The summed E-state index contributed by atoms with van der Waals surface area (Å²) in [6, 6.07) is 5.18. The molecule has 132 valence electrons. The zero-order valence-corrected chi connectivity index (χ0v) is 14.3. The Hall–Kier alpha value is -1.93. The normalized spacial score (nSPS) is 17.1. The van der Waals surface area contributed by atoms with E-state index in [4.69, 9.17) is 9.88 Å². The molecule has 0 radical (unpaired) electrons. The van der Waals surface area contributed by atoms with Crippen LogP contribution in [0.25, 0.3) is 0 Å². The molecule has 0 unspecified atom stereocenters. The molecule has 8 heteroatoms. The van der Waals surface area contributed by atoms with Gasteiger partial charge in [-0.25, -0.2) is 18.4 Å². The Bertz CT molecular complexity index is 694. The van der Waals surface area contributed by atoms with Gasteiger partial charge in [0.1, 0.15) is 0 Å². The lowest BCUT2D eigenvalue weighted by Crippen LogP contribution is -2.42. The van der Waals surface area contributed by atoms with Crippen LogP contribution in [0.4, 0.5) is 0 Å². The monoisotopic (exact) mass is 354 g/mol. The van der Waals surface area contributed by atoms with E-state index in [1.165, 1.54) is 37.6 Å². The van der Waals surface area contributed by atoms with Crippen molar-refractivity contribution < 1.29 is 22.7 Å². The fraction of sp³-hybridized carbons (Fsp3) is 0.500. The Morgan fingerprint density at radius 2 is 1.75 bits per heavy atom. The zero-order valence-electron chi connectivity index (χ0n) is 13.5. The summed E-state index contributed by atoms with van der Waals surface area (Å²) in [4.78, 5) is 24.0. The van der Waals surface area contributed by atoms with E-state index >= 15 is 0 Å². The number of nitrogens with one attached hydrogen (secondary N) is 1. The van der Waals surface area contributed by atoms with Crippen molar-refractivity contribution in [1.29, 1.82) is 0 Å². The molecule has 3 N–H and O–H groups in total. The highest BCUT2D eigenvalue weighted by Crippen LogP contribution is 2.17. The van der Waals surface area contributed by atoms with Gasteiger partial charge < -0.3 is 10.1 Å². The second kappa shape index (κ2) is 7.76. The second-order valence-electron chi connectivity index (χ2n) is 5.96. The maximum Gasteiger partial charge on any atom is 0.338 e. The van der Waals surface area contributed by atoms with Gasteiger partial charge >= 0.3 is 5.97 Å². The molecule has 1 aromatic carbocycles. The molecule has 1 atom stereocenters. The summed E-state index contributed by atoms with van der Waals surface area (Å²) in [6.07, 6.45) is 4.34. The first-order valence-electron chi connectivity index (χ1n) is 7.91. The van der Waals surface area contributed by atoms with Gasteiger partial charge in [-0.2, -0.15) is 0 Å². The number of primary sulfonamides is 1. The number of carbonyl (C=O) groups is 2. The molecule has 0 saturated heterocycles. The highest BCUT2D eigenvalue weighted by Gasteiger charge is 2.23. The van der Waals surface area contributed by atoms with Crippen molar-refractivity contribution in [2.75, 3.05) is 0 Å². The number of hydrogen-bond acceptors (Lipinski definition) is 5. The van der Waals surface area contributed by atoms with Crippen LogP contribution in [0.5, 0.6) is 0 Å². The van der Waals surface area contributed by atoms with Crippen LogP contribution in [0, 0.1) is 0 Å². The van der Waals surface area contributed by atoms with Gasteiger partial charge in [-0.3, -0.25) is 4.79 Å². The van der Waals surface area contributed by atoms with Crippen LogP contribution < -0.4 is 10.5 Å². The van der Waals surface area contributed by atoms with E-state index in [9.17, 15) is 18.0 Å². The predicted octanol–water partition coefficient (Wildman–Crippen LogP) is 1.33. The van der Waals surface area contributed by atoms with Gasteiger partial charge in [0, 0.05) is 6.04 Å². The SMILES string of the molecule is C[C@H](OC(=O)c1ccc(S(N)(=O)=O)cc1)C(=O)NC1CCCCC1. The minimum Gasteiger partial charge on any atom is -0.449 e. The van der Waals surface area contributed by atoms with Crippen LogP contribution in [0.15, 0.2) is 29.2 Å². The predicted molar refractivity (Wildman–Crippen MR) is 87.7 cm³/mol. The maximum absolute atomic E-state index is 12.1. The molecule has 1 aliphatic rings. The van der Waals surface area contributed by atoms with Crippen LogP contribution in [0.2, 0.25) is 0 Å². The van der Waals surface area contributed by atoms with Crippen LogP contribution >= 0.6 is 0 Å². The van der Waals surface area contributed by atoms with Crippen LogP contribution in [0.1, 0.15) is 49.4 Å². The van der Waals surface area contributed by atoms with E-state index in [0.717, 1.165) is 25.7 Å². The van der Waals surface area contributed by atoms with Gasteiger partial charge in [-0.05, 0) is 44.0 Å². The lowest BCUT2D eigenvalue weighted by molar-refractivity contribution is -0.130. The van der Waals surface area contributed by atoms with Crippen molar-refractivity contribution in [2.45, 2.75) is 56.1 Å². The van der Waals surface area contributed by atoms with Crippen molar-refractivity contribution in [3.63, 3.8) is 0 Å². The van der Waals surface area contributed by atoms with Gasteiger partial charge in [-0.15, -0.1) is 0 Å². The number of nitrogens with two attached hydrogens (primary N) is 1. The highest BCUT2D eigenvalue weighted by atomic mass is 32.2. The summed E-state index contributed by atoms with van der Waals surface area (Å²) in [5.41, 5.74) is 0.153. The highest BCUT2D eigenvalue weighted by molar-refractivity contribution is 7.89. The van der Waals surface area contributed by atoms with Gasteiger partial charge in [0.15, 0.2) is 6.10 Å². The van der Waals surface area contributed by atoms with Crippen molar-refractivity contribution in [3.8, 4) is 0 Å². The number of amides is 1. The lowest BCUT2D eigenvalue weighted by atomic mass is 9.95. The molecule has 0 aliphatic heterocycles. The Kier molecular flexibility index (Phi) is 5.95. The molecule has 1 fully saturated rings. The molecule has 2 rings (SSSR count). The first-order chi connectivity index (χ1) is 11.3. The fourth-order valence-corrected chi connectivity index (χ4v) is 3.14. The number of rotatable bonds is 5. The lowest BCUT2D eigenvalue weighted by Gasteiger charge is -2.24. The fourth-order valence-electron chi connectivity index (χ4n) is 2.63. The van der Waals surface area contributed by atoms with Gasteiger partial charge in [-0.1, -0.05) is 19.3 Å². The summed E-state index contributed by atoms with van der Waals surface area (Å²) in [5, 5.41) is 7.89. The third kappa shape index (κ3) is 5.04. The average molecular weight is 354 g/mol. The van der Waals surface area contributed by atoms with E-state index in [-0.39, 0.29) is 22.4 Å². The second-order valence-corrected chi connectivity index (χ2v) is 7.52. The third-order valence-electron chi connectivity index (χ3n) is 4.02. The van der Waals surface area contributed by atoms with Crippen LogP contribution in [-0.4, -0.2) is 32.4 Å². The Morgan fingerprint density at radius 1 is 1.17 bits per heavy atom. The summed E-state index contributed by atoms with van der Waals surface area (Å²) >= 11 is 0. The van der Waals surface area contributed by atoms with Gasteiger partial charge in [0.2, 0.25) is 10.0 Å². The van der Waals surface area contributed by atoms with Crippen molar-refractivity contribution >= 4 is 21.9 Å². The number of ether oxygens (including phenoxy) is 1. The average Bonchev–Trinajstić information content (AvgIpc) is 2.55. The van der Waals surface area contributed by atoms with Gasteiger partial charge in [0.05, 0.1) is 10.5 Å². The Labute approximate surface area is 141 Å². The van der Waals surface area contributed by atoms with Crippen molar-refractivity contribution in [3.05, 3.63) is 29.8 Å². The molecule has 0 spiro atoms. The standard InChI is InChI=1S/C16H22N2O5S/c1-11(15(19)18-13-5-3-2-4-6-13)23-16(20)12-7-9-14(10-8-12)24(17,21)22/h7-11,13H,2-6H2,1H3,(H,18,19)(H2,17,21,22)/t11-/m0/s1. The van der Waals surface area contributed by atoms with Gasteiger partial charge in [0.25, 0.3) is 5.91 Å². The molecule has 0 aromatic heterocycles. The number of benzene rings is 1. The topological polar surface area (TPSA) is 116 Å². The first-order valence-corrected chi connectivity index (χ1v) is 9.46. The zero-order chi connectivity index (χ0) is 17.7. The molecule has 0 bridgehead atoms. The molecule has 1 aromatic rings.